The number of aromatic nitrogens is 2. The van der Waals surface area contributed by atoms with Crippen LogP contribution in [0.15, 0.2) is 24.5 Å². The lowest BCUT2D eigenvalue weighted by atomic mass is 9.85. The molecule has 2 N–H and O–H groups in total. The summed E-state index contributed by atoms with van der Waals surface area (Å²) in [6.45, 7) is 1.25. The highest BCUT2D eigenvalue weighted by molar-refractivity contribution is 5.44. The molecular weight excluding hydrogens is 264 g/mol. The zero-order valence-corrected chi connectivity index (χ0v) is 12.0. The van der Waals surface area contributed by atoms with Crippen LogP contribution in [0.4, 0.5) is 0 Å². The molecule has 0 atom stereocenters. The van der Waals surface area contributed by atoms with E-state index in [4.69, 9.17) is 5.26 Å². The lowest BCUT2D eigenvalue weighted by Gasteiger charge is -2.32. The molecule has 1 aliphatic carbocycles. The maximum absolute atomic E-state index is 10.5. The highest BCUT2D eigenvalue weighted by Crippen LogP contribution is 2.27. The lowest BCUT2D eigenvalue weighted by Crippen LogP contribution is -2.42. The van der Waals surface area contributed by atoms with Gasteiger partial charge in [-0.2, -0.15) is 5.26 Å². The van der Waals surface area contributed by atoms with Gasteiger partial charge >= 0.3 is 0 Å². The summed E-state index contributed by atoms with van der Waals surface area (Å²) in [5.74, 6) is 0. The Kier molecular flexibility index (Phi) is 3.91. The van der Waals surface area contributed by atoms with E-state index < -0.39 is 5.60 Å². The second-order valence-electron chi connectivity index (χ2n) is 5.90. The van der Waals surface area contributed by atoms with Gasteiger partial charge in [0.25, 0.3) is 0 Å². The van der Waals surface area contributed by atoms with Gasteiger partial charge in [0.15, 0.2) is 0 Å². The number of fused-ring (bicyclic) bond motifs is 1. The molecule has 2 heterocycles. The highest BCUT2D eigenvalue weighted by Gasteiger charge is 2.28. The fourth-order valence-corrected chi connectivity index (χ4v) is 3.04. The van der Waals surface area contributed by atoms with E-state index in [1.807, 2.05) is 16.7 Å². The number of nitriles is 1. The molecule has 5 nitrogen and oxygen atoms in total. The minimum atomic E-state index is -0.559. The van der Waals surface area contributed by atoms with Crippen LogP contribution < -0.4 is 5.32 Å². The molecular formula is C16H20N4O. The Morgan fingerprint density at radius 2 is 2.14 bits per heavy atom. The zero-order chi connectivity index (χ0) is 14.7. The van der Waals surface area contributed by atoms with E-state index in [1.165, 1.54) is 6.42 Å². The first kappa shape index (κ1) is 14.1. The van der Waals surface area contributed by atoms with Crippen molar-refractivity contribution in [3.05, 3.63) is 35.8 Å². The molecule has 1 fully saturated rings. The molecule has 2 aromatic heterocycles. The van der Waals surface area contributed by atoms with Gasteiger partial charge in [-0.05, 0) is 25.0 Å². The maximum atomic E-state index is 10.5. The van der Waals surface area contributed by atoms with Crippen molar-refractivity contribution >= 4 is 5.65 Å². The monoisotopic (exact) mass is 284 g/mol. The fraction of sp³-hybridized carbons (Fsp3) is 0.500. The van der Waals surface area contributed by atoms with Crippen LogP contribution in [0.5, 0.6) is 0 Å². The van der Waals surface area contributed by atoms with Crippen LogP contribution in [0.1, 0.15) is 43.4 Å². The molecule has 0 amide bonds. The Balaban J connectivity index is 1.66. The van der Waals surface area contributed by atoms with Crippen molar-refractivity contribution in [2.24, 2.45) is 0 Å². The van der Waals surface area contributed by atoms with Crippen LogP contribution in [0, 0.1) is 11.3 Å². The molecule has 5 heteroatoms. The number of nitrogens with one attached hydrogen (secondary N) is 1. The van der Waals surface area contributed by atoms with Gasteiger partial charge in [0.2, 0.25) is 0 Å². The number of hydrogen-bond acceptors (Lipinski definition) is 4. The van der Waals surface area contributed by atoms with Crippen molar-refractivity contribution in [1.29, 1.82) is 5.26 Å². The lowest BCUT2D eigenvalue weighted by molar-refractivity contribution is 0.00460. The molecule has 1 saturated carbocycles. The van der Waals surface area contributed by atoms with Crippen LogP contribution >= 0.6 is 0 Å². The molecule has 1 aliphatic rings. The molecule has 3 rings (SSSR count). The van der Waals surface area contributed by atoms with E-state index in [-0.39, 0.29) is 0 Å². The van der Waals surface area contributed by atoms with Crippen LogP contribution in [0.2, 0.25) is 0 Å². The minimum absolute atomic E-state index is 0.559. The van der Waals surface area contributed by atoms with Crippen molar-refractivity contribution in [2.75, 3.05) is 6.54 Å². The van der Waals surface area contributed by atoms with Crippen molar-refractivity contribution in [1.82, 2.24) is 14.7 Å². The molecule has 0 aromatic carbocycles. The quantitative estimate of drug-likeness (QED) is 0.900. The first-order valence-electron chi connectivity index (χ1n) is 7.49. The van der Waals surface area contributed by atoms with Crippen molar-refractivity contribution in [2.45, 2.75) is 44.2 Å². The molecule has 0 aliphatic heterocycles. The molecule has 0 saturated heterocycles. The third kappa shape index (κ3) is 3.07. The summed E-state index contributed by atoms with van der Waals surface area (Å²) < 4.78 is 1.93. The average molecular weight is 284 g/mol. The van der Waals surface area contributed by atoms with Gasteiger partial charge in [-0.1, -0.05) is 19.3 Å². The van der Waals surface area contributed by atoms with E-state index in [1.54, 1.807) is 12.3 Å². The summed E-state index contributed by atoms with van der Waals surface area (Å²) >= 11 is 0. The van der Waals surface area contributed by atoms with Gasteiger partial charge in [-0.3, -0.25) is 0 Å². The number of pyridine rings is 1. The SMILES string of the molecule is N#Cc1ccc2ncc(CNCC3(O)CCCCC3)n2c1. The van der Waals surface area contributed by atoms with Gasteiger partial charge in [0, 0.05) is 19.3 Å². The van der Waals surface area contributed by atoms with Gasteiger partial charge < -0.3 is 14.8 Å². The molecule has 2 aromatic rings. The largest absolute Gasteiger partial charge is 0.389 e. The Hall–Kier alpha value is -1.90. The topological polar surface area (TPSA) is 73.3 Å². The number of rotatable bonds is 4. The molecule has 110 valence electrons. The van der Waals surface area contributed by atoms with Gasteiger partial charge in [-0.15, -0.1) is 0 Å². The van der Waals surface area contributed by atoms with Crippen LogP contribution in [0.3, 0.4) is 0 Å². The first-order chi connectivity index (χ1) is 10.2. The number of aliphatic hydroxyl groups is 1. The van der Waals surface area contributed by atoms with Crippen LogP contribution in [0.25, 0.3) is 5.65 Å². The van der Waals surface area contributed by atoms with E-state index in [2.05, 4.69) is 16.4 Å². The number of hydrogen-bond donors (Lipinski definition) is 2. The molecule has 0 spiro atoms. The molecule has 21 heavy (non-hydrogen) atoms. The predicted octanol–water partition coefficient (Wildman–Crippen LogP) is 1.99. The Bertz CT molecular complexity index is 664. The summed E-state index contributed by atoms with van der Waals surface area (Å²) in [5, 5.41) is 22.8. The third-order valence-corrected chi connectivity index (χ3v) is 4.26. The summed E-state index contributed by atoms with van der Waals surface area (Å²) in [6.07, 6.45) is 8.83. The maximum Gasteiger partial charge on any atom is 0.137 e. The van der Waals surface area contributed by atoms with Gasteiger partial charge in [0.05, 0.1) is 23.1 Å². The Morgan fingerprint density at radius 3 is 2.90 bits per heavy atom. The summed E-state index contributed by atoms with van der Waals surface area (Å²) in [7, 11) is 0. The van der Waals surface area contributed by atoms with Crippen molar-refractivity contribution < 1.29 is 5.11 Å². The molecule has 0 radical (unpaired) electrons. The fourth-order valence-electron chi connectivity index (χ4n) is 3.04. The zero-order valence-electron chi connectivity index (χ0n) is 12.0. The second-order valence-corrected chi connectivity index (χ2v) is 5.90. The Labute approximate surface area is 124 Å². The normalized spacial score (nSPS) is 17.7. The number of imidazole rings is 1. The number of nitrogens with zero attached hydrogens (tertiary/aromatic N) is 3. The van der Waals surface area contributed by atoms with E-state index in [9.17, 15) is 5.11 Å². The second kappa shape index (κ2) is 5.84. The van der Waals surface area contributed by atoms with E-state index in [0.29, 0.717) is 18.7 Å². The summed E-state index contributed by atoms with van der Waals surface area (Å²) in [6, 6.07) is 5.75. The first-order valence-corrected chi connectivity index (χ1v) is 7.49. The highest BCUT2D eigenvalue weighted by atomic mass is 16.3. The third-order valence-electron chi connectivity index (χ3n) is 4.26. The minimum Gasteiger partial charge on any atom is -0.389 e. The molecule has 0 bridgehead atoms. The Morgan fingerprint density at radius 1 is 1.33 bits per heavy atom. The smallest absolute Gasteiger partial charge is 0.137 e. The summed E-state index contributed by atoms with van der Waals surface area (Å²) in [5.41, 5.74) is 1.90. The summed E-state index contributed by atoms with van der Waals surface area (Å²) in [4.78, 5) is 4.33. The van der Waals surface area contributed by atoms with Crippen molar-refractivity contribution in [3.8, 4) is 6.07 Å². The van der Waals surface area contributed by atoms with E-state index in [0.717, 1.165) is 37.0 Å². The van der Waals surface area contributed by atoms with E-state index >= 15 is 0 Å². The van der Waals surface area contributed by atoms with Crippen molar-refractivity contribution in [3.63, 3.8) is 0 Å². The molecule has 0 unspecified atom stereocenters. The van der Waals surface area contributed by atoms with Gasteiger partial charge in [0.1, 0.15) is 11.7 Å². The predicted molar refractivity (Wildman–Crippen MR) is 79.6 cm³/mol. The standard InChI is InChI=1S/C16H20N4O/c17-8-13-4-5-15-19-10-14(20(15)11-13)9-18-12-16(21)6-2-1-3-7-16/h4-5,10-11,18,21H,1-3,6-7,9,12H2. The van der Waals surface area contributed by atoms with Crippen LogP contribution in [-0.2, 0) is 6.54 Å². The van der Waals surface area contributed by atoms with Crippen LogP contribution in [-0.4, -0.2) is 26.6 Å². The van der Waals surface area contributed by atoms with Gasteiger partial charge in [-0.25, -0.2) is 4.98 Å². The average Bonchev–Trinajstić information content (AvgIpc) is 2.90.